The molecule has 4 rings (SSSR count). The molecule has 0 amide bonds. The highest BCUT2D eigenvalue weighted by Crippen LogP contribution is 2.54. The Morgan fingerprint density at radius 2 is 1.81 bits per heavy atom. The van der Waals surface area contributed by atoms with Crippen molar-refractivity contribution in [1.82, 2.24) is 5.32 Å². The minimum atomic E-state index is 0.707. The molecule has 2 heteroatoms. The molecule has 1 aliphatic heterocycles. The first-order chi connectivity index (χ1) is 10.4. The van der Waals surface area contributed by atoms with Crippen LogP contribution in [0.4, 0.5) is 0 Å². The summed E-state index contributed by atoms with van der Waals surface area (Å²) in [5, 5.41) is 3.93. The van der Waals surface area contributed by atoms with E-state index in [0.717, 1.165) is 43.4 Å². The Kier molecular flexibility index (Phi) is 4.00. The van der Waals surface area contributed by atoms with Crippen LogP contribution in [-0.2, 0) is 4.74 Å². The molecule has 0 spiro atoms. The SMILES string of the molecule is c1ccc([C@H]2[C@@H]3CCCC[C@@H]3[C@@H]2NC[C@@H]2CCOC2)cc1. The Hall–Kier alpha value is -0.860. The zero-order valence-corrected chi connectivity index (χ0v) is 12.8. The summed E-state index contributed by atoms with van der Waals surface area (Å²) in [6.07, 6.45) is 6.99. The molecule has 3 aliphatic rings. The van der Waals surface area contributed by atoms with Crippen molar-refractivity contribution in [2.75, 3.05) is 19.8 Å². The van der Waals surface area contributed by atoms with Gasteiger partial charge in [0.15, 0.2) is 0 Å². The van der Waals surface area contributed by atoms with Gasteiger partial charge in [-0.25, -0.2) is 0 Å². The first-order valence-electron chi connectivity index (χ1n) is 8.79. The standard InChI is InChI=1S/C19H27NO/c1-2-6-15(7-3-1)18-16-8-4-5-9-17(16)19(18)20-12-14-10-11-21-13-14/h1-3,6-7,14,16-20H,4-5,8-13H2/t14-,16+,17-,18-,19-/m0/s1. The molecule has 1 aromatic carbocycles. The highest BCUT2D eigenvalue weighted by molar-refractivity contribution is 5.28. The number of rotatable bonds is 4. The van der Waals surface area contributed by atoms with Gasteiger partial charge in [0.25, 0.3) is 0 Å². The third-order valence-electron chi connectivity index (χ3n) is 6.03. The highest BCUT2D eigenvalue weighted by Gasteiger charge is 2.50. The predicted molar refractivity (Wildman–Crippen MR) is 85.3 cm³/mol. The molecular weight excluding hydrogens is 258 g/mol. The van der Waals surface area contributed by atoms with Crippen molar-refractivity contribution >= 4 is 0 Å². The Morgan fingerprint density at radius 3 is 2.57 bits per heavy atom. The number of hydrogen-bond acceptors (Lipinski definition) is 2. The summed E-state index contributed by atoms with van der Waals surface area (Å²) >= 11 is 0. The van der Waals surface area contributed by atoms with E-state index in [9.17, 15) is 0 Å². The second kappa shape index (κ2) is 6.10. The molecule has 0 aromatic heterocycles. The van der Waals surface area contributed by atoms with E-state index in [2.05, 4.69) is 35.6 Å². The summed E-state index contributed by atoms with van der Waals surface area (Å²) in [6, 6.07) is 11.9. The van der Waals surface area contributed by atoms with Crippen LogP contribution in [0.1, 0.15) is 43.6 Å². The van der Waals surface area contributed by atoms with Gasteiger partial charge >= 0.3 is 0 Å². The van der Waals surface area contributed by atoms with Crippen molar-refractivity contribution in [1.29, 1.82) is 0 Å². The summed E-state index contributed by atoms with van der Waals surface area (Å²) in [5.41, 5.74) is 1.56. The van der Waals surface area contributed by atoms with Crippen LogP contribution in [0.25, 0.3) is 0 Å². The fourth-order valence-corrected chi connectivity index (χ4v) is 4.92. The van der Waals surface area contributed by atoms with Crippen LogP contribution >= 0.6 is 0 Å². The molecule has 114 valence electrons. The molecule has 1 aromatic rings. The third kappa shape index (κ3) is 2.64. The summed E-state index contributed by atoms with van der Waals surface area (Å²) < 4.78 is 5.52. The molecule has 1 N–H and O–H groups in total. The van der Waals surface area contributed by atoms with E-state index in [0.29, 0.717) is 6.04 Å². The maximum Gasteiger partial charge on any atom is 0.0507 e. The topological polar surface area (TPSA) is 21.3 Å². The predicted octanol–water partition coefficient (Wildman–Crippen LogP) is 3.58. The fraction of sp³-hybridized carbons (Fsp3) is 0.684. The molecule has 1 saturated heterocycles. The van der Waals surface area contributed by atoms with Crippen molar-refractivity contribution < 1.29 is 4.74 Å². The zero-order chi connectivity index (χ0) is 14.1. The van der Waals surface area contributed by atoms with Crippen LogP contribution in [0, 0.1) is 17.8 Å². The van der Waals surface area contributed by atoms with Gasteiger partial charge in [-0.1, -0.05) is 43.2 Å². The van der Waals surface area contributed by atoms with Crippen molar-refractivity contribution in [3.8, 4) is 0 Å². The Bertz CT molecular complexity index is 454. The average Bonchev–Trinajstić information content (AvgIpc) is 3.03. The zero-order valence-electron chi connectivity index (χ0n) is 12.8. The smallest absolute Gasteiger partial charge is 0.0507 e. The molecule has 0 unspecified atom stereocenters. The molecule has 0 radical (unpaired) electrons. The van der Waals surface area contributed by atoms with Gasteiger partial charge in [0.2, 0.25) is 0 Å². The van der Waals surface area contributed by atoms with Crippen LogP contribution in [0.2, 0.25) is 0 Å². The third-order valence-corrected chi connectivity index (χ3v) is 6.03. The first-order valence-corrected chi connectivity index (χ1v) is 8.79. The molecule has 1 heterocycles. The molecule has 0 bridgehead atoms. The number of benzene rings is 1. The van der Waals surface area contributed by atoms with Crippen molar-refractivity contribution in [2.45, 2.75) is 44.1 Å². The van der Waals surface area contributed by atoms with Crippen LogP contribution in [0.3, 0.4) is 0 Å². The van der Waals surface area contributed by atoms with E-state index >= 15 is 0 Å². The van der Waals surface area contributed by atoms with Crippen molar-refractivity contribution in [3.63, 3.8) is 0 Å². The number of nitrogens with one attached hydrogen (secondary N) is 1. The Balaban J connectivity index is 1.46. The summed E-state index contributed by atoms with van der Waals surface area (Å²) in [5.74, 6) is 3.34. The van der Waals surface area contributed by atoms with E-state index in [1.165, 1.54) is 32.1 Å². The van der Waals surface area contributed by atoms with Crippen LogP contribution in [0.5, 0.6) is 0 Å². The monoisotopic (exact) mass is 285 g/mol. The second-order valence-electron chi connectivity index (χ2n) is 7.21. The van der Waals surface area contributed by atoms with Crippen molar-refractivity contribution in [3.05, 3.63) is 35.9 Å². The van der Waals surface area contributed by atoms with E-state index in [1.807, 2.05) is 0 Å². The summed E-state index contributed by atoms with van der Waals surface area (Å²) in [6.45, 7) is 3.08. The molecule has 2 aliphatic carbocycles. The van der Waals surface area contributed by atoms with E-state index in [-0.39, 0.29) is 0 Å². The van der Waals surface area contributed by atoms with Gasteiger partial charge < -0.3 is 10.1 Å². The number of hydrogen-bond donors (Lipinski definition) is 1. The normalized spacial score (nSPS) is 38.8. The minimum Gasteiger partial charge on any atom is -0.381 e. The molecule has 21 heavy (non-hydrogen) atoms. The maximum absolute atomic E-state index is 5.52. The largest absolute Gasteiger partial charge is 0.381 e. The summed E-state index contributed by atoms with van der Waals surface area (Å²) in [4.78, 5) is 0. The van der Waals surface area contributed by atoms with Crippen LogP contribution < -0.4 is 5.32 Å². The second-order valence-corrected chi connectivity index (χ2v) is 7.21. The molecule has 5 atom stereocenters. The Labute approximate surface area is 128 Å². The van der Waals surface area contributed by atoms with Gasteiger partial charge in [-0.15, -0.1) is 0 Å². The lowest BCUT2D eigenvalue weighted by Crippen LogP contribution is -2.58. The number of fused-ring (bicyclic) bond motifs is 1. The van der Waals surface area contributed by atoms with Crippen LogP contribution in [0.15, 0.2) is 30.3 Å². The minimum absolute atomic E-state index is 0.707. The number of ether oxygens (including phenoxy) is 1. The van der Waals surface area contributed by atoms with Crippen LogP contribution in [-0.4, -0.2) is 25.8 Å². The molecule has 2 nitrogen and oxygen atoms in total. The van der Waals surface area contributed by atoms with E-state index < -0.39 is 0 Å². The average molecular weight is 285 g/mol. The summed E-state index contributed by atoms with van der Waals surface area (Å²) in [7, 11) is 0. The Morgan fingerprint density at radius 1 is 1.00 bits per heavy atom. The molecular formula is C19H27NO. The molecule has 2 saturated carbocycles. The first kappa shape index (κ1) is 13.8. The van der Waals surface area contributed by atoms with Gasteiger partial charge in [-0.3, -0.25) is 0 Å². The lowest BCUT2D eigenvalue weighted by atomic mass is 9.53. The van der Waals surface area contributed by atoms with Gasteiger partial charge in [0.1, 0.15) is 0 Å². The van der Waals surface area contributed by atoms with E-state index in [1.54, 1.807) is 5.56 Å². The fourth-order valence-electron chi connectivity index (χ4n) is 4.92. The lowest BCUT2D eigenvalue weighted by molar-refractivity contribution is 0.0240. The quantitative estimate of drug-likeness (QED) is 0.913. The van der Waals surface area contributed by atoms with Gasteiger partial charge in [-0.05, 0) is 42.6 Å². The van der Waals surface area contributed by atoms with Gasteiger partial charge in [-0.2, -0.15) is 0 Å². The maximum atomic E-state index is 5.52. The van der Waals surface area contributed by atoms with E-state index in [4.69, 9.17) is 4.74 Å². The van der Waals surface area contributed by atoms with Crippen molar-refractivity contribution in [2.24, 2.45) is 17.8 Å². The van der Waals surface area contributed by atoms with Gasteiger partial charge in [0.05, 0.1) is 6.61 Å². The highest BCUT2D eigenvalue weighted by atomic mass is 16.5. The van der Waals surface area contributed by atoms with Gasteiger partial charge in [0, 0.05) is 25.1 Å². The molecule has 3 fully saturated rings. The lowest BCUT2D eigenvalue weighted by Gasteiger charge is -2.55.